The van der Waals surface area contributed by atoms with Crippen molar-refractivity contribution in [1.82, 2.24) is 15.1 Å². The quantitative estimate of drug-likeness (QED) is 0.593. The van der Waals surface area contributed by atoms with E-state index in [4.69, 9.17) is 5.11 Å². The lowest BCUT2D eigenvalue weighted by Crippen LogP contribution is -2.37. The van der Waals surface area contributed by atoms with Gasteiger partial charge in [0, 0.05) is 25.5 Å². The second kappa shape index (κ2) is 6.51. The van der Waals surface area contributed by atoms with E-state index in [-0.39, 0.29) is 19.6 Å². The summed E-state index contributed by atoms with van der Waals surface area (Å²) in [5.41, 5.74) is 0. The maximum absolute atomic E-state index is 11.9. The molecule has 0 radical (unpaired) electrons. The van der Waals surface area contributed by atoms with Gasteiger partial charge < -0.3 is 15.5 Å². The first-order chi connectivity index (χ1) is 7.59. The van der Waals surface area contributed by atoms with E-state index in [1.165, 1.54) is 4.68 Å². The third-order valence-electron chi connectivity index (χ3n) is 1.98. The Bertz CT molecular complexity index is 282. The Kier molecular flexibility index (Phi) is 5.30. The molecule has 5 nitrogen and oxygen atoms in total. The first-order valence-electron chi connectivity index (χ1n) is 4.92. The van der Waals surface area contributed by atoms with Gasteiger partial charge in [0.25, 0.3) is 6.43 Å². The van der Waals surface area contributed by atoms with Gasteiger partial charge in [-0.1, -0.05) is 0 Å². The molecule has 0 aliphatic heterocycles. The molecule has 0 bridgehead atoms. The second-order valence-corrected chi connectivity index (χ2v) is 3.44. The highest BCUT2D eigenvalue weighted by Gasteiger charge is 2.16. The van der Waals surface area contributed by atoms with Crippen LogP contribution in [0, 0.1) is 0 Å². The van der Waals surface area contributed by atoms with Crippen molar-refractivity contribution in [2.45, 2.75) is 25.2 Å². The third-order valence-corrected chi connectivity index (χ3v) is 1.98. The molecule has 0 aliphatic carbocycles. The number of rotatable bonds is 7. The van der Waals surface area contributed by atoms with E-state index in [1.54, 1.807) is 18.5 Å². The third kappa shape index (κ3) is 4.65. The van der Waals surface area contributed by atoms with Crippen molar-refractivity contribution < 1.29 is 19.0 Å². The normalized spacial score (nSPS) is 15.3. The van der Waals surface area contributed by atoms with Crippen LogP contribution in [0.25, 0.3) is 0 Å². The van der Waals surface area contributed by atoms with Crippen molar-refractivity contribution in [3.8, 4) is 0 Å². The molecule has 2 unspecified atom stereocenters. The fourth-order valence-corrected chi connectivity index (χ4v) is 1.18. The summed E-state index contributed by atoms with van der Waals surface area (Å²) in [5, 5.41) is 24.7. The van der Waals surface area contributed by atoms with Gasteiger partial charge in [-0.15, -0.1) is 0 Å². The van der Waals surface area contributed by atoms with Gasteiger partial charge in [0.15, 0.2) is 0 Å². The standard InChI is InChI=1S/C9H15F2N3O2/c10-9(11)8(16)5-12-4-7(15)6-14-3-1-2-13-14/h1-3,7-9,12,15-16H,4-6H2. The fourth-order valence-electron chi connectivity index (χ4n) is 1.18. The highest BCUT2D eigenvalue weighted by atomic mass is 19.3. The van der Waals surface area contributed by atoms with Crippen LogP contribution in [0.4, 0.5) is 8.78 Å². The molecule has 0 saturated carbocycles. The molecular weight excluding hydrogens is 220 g/mol. The summed E-state index contributed by atoms with van der Waals surface area (Å²) >= 11 is 0. The Morgan fingerprint density at radius 3 is 2.62 bits per heavy atom. The molecule has 1 aromatic rings. The molecule has 0 aliphatic rings. The van der Waals surface area contributed by atoms with Crippen LogP contribution in [-0.4, -0.2) is 51.7 Å². The van der Waals surface area contributed by atoms with Crippen LogP contribution in [0.15, 0.2) is 18.5 Å². The van der Waals surface area contributed by atoms with E-state index >= 15 is 0 Å². The van der Waals surface area contributed by atoms with E-state index in [0.29, 0.717) is 0 Å². The first kappa shape index (κ1) is 13.0. The Morgan fingerprint density at radius 2 is 2.06 bits per heavy atom. The minimum Gasteiger partial charge on any atom is -0.390 e. The predicted molar refractivity (Wildman–Crippen MR) is 53.1 cm³/mol. The van der Waals surface area contributed by atoms with E-state index in [2.05, 4.69) is 10.4 Å². The van der Waals surface area contributed by atoms with Gasteiger partial charge in [-0.05, 0) is 6.07 Å². The molecule has 0 amide bonds. The first-order valence-corrected chi connectivity index (χ1v) is 4.92. The lowest BCUT2D eigenvalue weighted by molar-refractivity contribution is -0.00486. The molecule has 0 fully saturated rings. The average Bonchev–Trinajstić information content (AvgIpc) is 2.70. The largest absolute Gasteiger partial charge is 0.390 e. The Hall–Kier alpha value is -1.05. The Morgan fingerprint density at radius 1 is 1.31 bits per heavy atom. The topological polar surface area (TPSA) is 70.3 Å². The number of aromatic nitrogens is 2. The van der Waals surface area contributed by atoms with Crippen molar-refractivity contribution in [3.05, 3.63) is 18.5 Å². The van der Waals surface area contributed by atoms with Gasteiger partial charge in [0.2, 0.25) is 0 Å². The molecule has 1 rings (SSSR count). The summed E-state index contributed by atoms with van der Waals surface area (Å²) in [6.07, 6.45) is -1.92. The minimum absolute atomic E-state index is 0.129. The summed E-state index contributed by atoms with van der Waals surface area (Å²) in [5.74, 6) is 0. The van der Waals surface area contributed by atoms with Gasteiger partial charge >= 0.3 is 0 Å². The number of alkyl halides is 2. The molecule has 0 saturated heterocycles. The number of hydrogen-bond donors (Lipinski definition) is 3. The van der Waals surface area contributed by atoms with Gasteiger partial charge in [-0.25, -0.2) is 8.78 Å². The highest BCUT2D eigenvalue weighted by Crippen LogP contribution is 1.98. The van der Waals surface area contributed by atoms with Crippen LogP contribution < -0.4 is 5.32 Å². The lowest BCUT2D eigenvalue weighted by Gasteiger charge is -2.14. The summed E-state index contributed by atoms with van der Waals surface area (Å²) in [4.78, 5) is 0. The van der Waals surface area contributed by atoms with Crippen LogP contribution in [-0.2, 0) is 6.54 Å². The zero-order valence-electron chi connectivity index (χ0n) is 8.63. The molecule has 7 heteroatoms. The molecule has 1 aromatic heterocycles. The minimum atomic E-state index is -2.77. The van der Waals surface area contributed by atoms with E-state index in [0.717, 1.165) is 0 Å². The SMILES string of the molecule is OC(CNCC(O)C(F)F)Cn1cccn1. The molecule has 16 heavy (non-hydrogen) atoms. The van der Waals surface area contributed by atoms with Gasteiger partial charge in [-0.3, -0.25) is 4.68 Å². The number of aliphatic hydroxyl groups excluding tert-OH is 2. The summed E-state index contributed by atoms with van der Waals surface area (Å²) in [6.45, 7) is 0.169. The molecule has 92 valence electrons. The number of halogens is 2. The smallest absolute Gasteiger partial charge is 0.265 e. The number of hydrogen-bond acceptors (Lipinski definition) is 4. The molecule has 0 spiro atoms. The average molecular weight is 235 g/mol. The van der Waals surface area contributed by atoms with Crippen LogP contribution in [0.2, 0.25) is 0 Å². The van der Waals surface area contributed by atoms with Crippen LogP contribution >= 0.6 is 0 Å². The second-order valence-electron chi connectivity index (χ2n) is 3.44. The van der Waals surface area contributed by atoms with Crippen molar-refractivity contribution >= 4 is 0 Å². The Balaban J connectivity index is 2.13. The van der Waals surface area contributed by atoms with Crippen LogP contribution in [0.5, 0.6) is 0 Å². The monoisotopic (exact) mass is 235 g/mol. The lowest BCUT2D eigenvalue weighted by atomic mass is 10.3. The van der Waals surface area contributed by atoms with Crippen molar-refractivity contribution in [2.75, 3.05) is 13.1 Å². The maximum atomic E-state index is 11.9. The van der Waals surface area contributed by atoms with Gasteiger partial charge in [-0.2, -0.15) is 5.10 Å². The van der Waals surface area contributed by atoms with Crippen molar-refractivity contribution in [3.63, 3.8) is 0 Å². The predicted octanol–water partition coefficient (Wildman–Crippen LogP) is -0.540. The van der Waals surface area contributed by atoms with Gasteiger partial charge in [0.1, 0.15) is 6.10 Å². The number of aliphatic hydroxyl groups is 2. The van der Waals surface area contributed by atoms with Gasteiger partial charge in [0.05, 0.1) is 12.6 Å². The van der Waals surface area contributed by atoms with Crippen molar-refractivity contribution in [2.24, 2.45) is 0 Å². The Labute approximate surface area is 91.7 Å². The summed E-state index contributed by atoms with van der Waals surface area (Å²) in [6, 6.07) is 1.72. The molecule has 1 heterocycles. The number of nitrogens with zero attached hydrogens (tertiary/aromatic N) is 2. The van der Waals surface area contributed by atoms with Crippen LogP contribution in [0.3, 0.4) is 0 Å². The van der Waals surface area contributed by atoms with E-state index < -0.39 is 18.6 Å². The molecule has 0 aromatic carbocycles. The van der Waals surface area contributed by atoms with Crippen molar-refractivity contribution in [1.29, 1.82) is 0 Å². The summed E-state index contributed by atoms with van der Waals surface area (Å²) < 4.78 is 25.3. The zero-order chi connectivity index (χ0) is 12.0. The summed E-state index contributed by atoms with van der Waals surface area (Å²) in [7, 11) is 0. The molecule has 3 N–H and O–H groups in total. The molecule has 2 atom stereocenters. The fraction of sp³-hybridized carbons (Fsp3) is 0.667. The van der Waals surface area contributed by atoms with Crippen LogP contribution in [0.1, 0.15) is 0 Å². The highest BCUT2D eigenvalue weighted by molar-refractivity contribution is 4.78. The maximum Gasteiger partial charge on any atom is 0.265 e. The molecular formula is C9H15F2N3O2. The number of nitrogens with one attached hydrogen (secondary N) is 1. The van der Waals surface area contributed by atoms with E-state index in [9.17, 15) is 13.9 Å². The zero-order valence-corrected chi connectivity index (χ0v) is 8.63. The van der Waals surface area contributed by atoms with E-state index in [1.807, 2.05) is 0 Å².